The molecule has 6 rings (SSSR count). The molecule has 2 saturated heterocycles. The Hall–Kier alpha value is -3.40. The SMILES string of the molecule is C[C@@H](NC(=O)CC12CCC(CC1)N(C)C2)c1ccc(F)cc1F.O=c1[nH]c(=O)c2cc(F)ccc2[nH]1.[HH].[HH]. The number of nitrogens with zero attached hydrogens (tertiary/aromatic N) is 1. The van der Waals surface area contributed by atoms with Gasteiger partial charge in [-0.05, 0) is 69.3 Å². The number of carbonyl (C=O) groups excluding carboxylic acids is 1. The number of H-pyrrole nitrogens is 2. The minimum atomic E-state index is -0.617. The topological polar surface area (TPSA) is 98.1 Å². The molecule has 3 heterocycles. The van der Waals surface area contributed by atoms with Gasteiger partial charge in [-0.2, -0.15) is 0 Å². The number of carbonyl (C=O) groups is 1. The molecule has 1 aromatic heterocycles. The molecule has 0 radical (unpaired) electrons. The number of amides is 1. The van der Waals surface area contributed by atoms with Crippen molar-refractivity contribution in [2.45, 2.75) is 51.1 Å². The second kappa shape index (κ2) is 10.3. The van der Waals surface area contributed by atoms with Crippen molar-refractivity contribution in [2.75, 3.05) is 13.6 Å². The Balaban J connectivity index is 0.000000289. The van der Waals surface area contributed by atoms with Crippen LogP contribution >= 0.6 is 0 Å². The van der Waals surface area contributed by atoms with Crippen LogP contribution in [0.5, 0.6) is 0 Å². The van der Waals surface area contributed by atoms with Crippen LogP contribution in [0.2, 0.25) is 0 Å². The summed E-state index contributed by atoms with van der Waals surface area (Å²) in [5.41, 5.74) is -0.464. The van der Waals surface area contributed by atoms with Crippen LogP contribution in [-0.2, 0) is 4.79 Å². The molecule has 2 aromatic carbocycles. The van der Waals surface area contributed by atoms with Crippen LogP contribution in [0.15, 0.2) is 46.0 Å². The molecule has 3 aliphatic rings. The molecule has 0 spiro atoms. The third-order valence-electron chi connectivity index (χ3n) is 7.27. The van der Waals surface area contributed by atoms with Crippen molar-refractivity contribution in [3.05, 3.63) is 80.3 Å². The van der Waals surface area contributed by atoms with Crippen LogP contribution in [-0.4, -0.2) is 40.4 Å². The number of nitrogens with one attached hydrogen (secondary N) is 3. The van der Waals surface area contributed by atoms with Crippen LogP contribution in [0.25, 0.3) is 10.9 Å². The van der Waals surface area contributed by atoms with Gasteiger partial charge in [-0.15, -0.1) is 0 Å². The highest BCUT2D eigenvalue weighted by Crippen LogP contribution is 2.46. The van der Waals surface area contributed by atoms with Gasteiger partial charge in [0.2, 0.25) is 5.91 Å². The minimum Gasteiger partial charge on any atom is -0.349 e. The summed E-state index contributed by atoms with van der Waals surface area (Å²) in [5, 5.41) is 3.01. The van der Waals surface area contributed by atoms with E-state index in [4.69, 9.17) is 0 Å². The first-order valence-electron chi connectivity index (χ1n) is 11.9. The Morgan fingerprint density at radius 3 is 2.44 bits per heavy atom. The highest BCUT2D eigenvalue weighted by Gasteiger charge is 2.44. The molecule has 7 nitrogen and oxygen atoms in total. The predicted octanol–water partition coefficient (Wildman–Crippen LogP) is 4.25. The summed E-state index contributed by atoms with van der Waals surface area (Å²) in [7, 11) is 2.13. The zero-order valence-electron chi connectivity index (χ0n) is 20.2. The maximum Gasteiger partial charge on any atom is 0.326 e. The standard InChI is InChI=1S/C18H24F2N2O.C8H5FN2O2.2H2/c1-12(15-4-3-13(19)9-16(15)20)21-17(23)10-18-7-5-14(6-8-18)22(2)11-18;9-4-1-2-6-5(3-4)7(12)11-8(13)10-6;;/h3-4,9,12,14H,5-8,10-11H2,1-2H3,(H,21,23);1-3H,(H2,10,11,12,13);2*1H/t12-,14?,18?;;;/m1.../s1. The molecule has 3 N–H and O–H groups in total. The van der Waals surface area contributed by atoms with Gasteiger partial charge in [-0.25, -0.2) is 18.0 Å². The van der Waals surface area contributed by atoms with Gasteiger partial charge in [0.25, 0.3) is 5.56 Å². The number of rotatable bonds is 4. The molecule has 0 unspecified atom stereocenters. The molecular formula is C26H33F3N4O3. The van der Waals surface area contributed by atoms with Crippen molar-refractivity contribution >= 4 is 16.8 Å². The number of hydrogen-bond acceptors (Lipinski definition) is 4. The Morgan fingerprint density at radius 2 is 1.78 bits per heavy atom. The molecule has 1 amide bonds. The number of halogens is 3. The van der Waals surface area contributed by atoms with Gasteiger partial charge in [0.1, 0.15) is 17.5 Å². The zero-order chi connectivity index (χ0) is 26.0. The summed E-state index contributed by atoms with van der Waals surface area (Å²) in [4.78, 5) is 41.1. The smallest absolute Gasteiger partial charge is 0.326 e. The number of fused-ring (bicyclic) bond motifs is 4. The molecule has 1 atom stereocenters. The fourth-order valence-electron chi connectivity index (χ4n) is 5.41. The van der Waals surface area contributed by atoms with Gasteiger partial charge < -0.3 is 15.2 Å². The molecule has 36 heavy (non-hydrogen) atoms. The lowest BCUT2D eigenvalue weighted by Gasteiger charge is -2.51. The number of aromatic amines is 2. The Kier molecular flexibility index (Phi) is 7.35. The normalized spacial score (nSPS) is 22.1. The molecule has 10 heteroatoms. The second-order valence-electron chi connectivity index (χ2n) is 9.88. The lowest BCUT2D eigenvalue weighted by molar-refractivity contribution is -0.127. The number of piperidine rings is 2. The Labute approximate surface area is 208 Å². The van der Waals surface area contributed by atoms with Gasteiger partial charge in [0.15, 0.2) is 0 Å². The largest absolute Gasteiger partial charge is 0.349 e. The third-order valence-corrected chi connectivity index (χ3v) is 7.27. The first-order valence-corrected chi connectivity index (χ1v) is 11.9. The van der Waals surface area contributed by atoms with Gasteiger partial charge in [0.05, 0.1) is 16.9 Å². The molecule has 1 aliphatic carbocycles. The van der Waals surface area contributed by atoms with Gasteiger partial charge in [0, 0.05) is 33.5 Å². The average molecular weight is 507 g/mol. The van der Waals surface area contributed by atoms with Crippen LogP contribution in [0.3, 0.4) is 0 Å². The fraction of sp³-hybridized carbons (Fsp3) is 0.423. The number of aromatic nitrogens is 2. The molecular weight excluding hydrogens is 473 g/mol. The van der Waals surface area contributed by atoms with Crippen LogP contribution in [0.1, 0.15) is 53.5 Å². The second-order valence-corrected chi connectivity index (χ2v) is 9.88. The van der Waals surface area contributed by atoms with Crippen molar-refractivity contribution in [3.63, 3.8) is 0 Å². The van der Waals surface area contributed by atoms with E-state index in [0.29, 0.717) is 23.5 Å². The highest BCUT2D eigenvalue weighted by atomic mass is 19.1. The van der Waals surface area contributed by atoms with Gasteiger partial charge >= 0.3 is 5.69 Å². The van der Waals surface area contributed by atoms with E-state index in [2.05, 4.69) is 22.2 Å². The Bertz CT molecular complexity index is 1390. The van der Waals surface area contributed by atoms with Crippen molar-refractivity contribution < 1.29 is 20.8 Å². The van der Waals surface area contributed by atoms with Crippen molar-refractivity contribution in [1.29, 1.82) is 0 Å². The van der Waals surface area contributed by atoms with E-state index < -0.39 is 34.7 Å². The lowest BCUT2D eigenvalue weighted by Crippen LogP contribution is -2.53. The summed E-state index contributed by atoms with van der Waals surface area (Å²) < 4.78 is 39.5. The zero-order valence-corrected chi connectivity index (χ0v) is 20.2. The van der Waals surface area contributed by atoms with Crippen LogP contribution in [0.4, 0.5) is 13.2 Å². The molecule has 3 aromatic rings. The van der Waals surface area contributed by atoms with Crippen LogP contribution in [0, 0.1) is 22.9 Å². The van der Waals surface area contributed by atoms with Gasteiger partial charge in [-0.3, -0.25) is 14.6 Å². The maximum atomic E-state index is 13.8. The average Bonchev–Trinajstić information content (AvgIpc) is 2.80. The van der Waals surface area contributed by atoms with E-state index >= 15 is 0 Å². The van der Waals surface area contributed by atoms with E-state index in [1.165, 1.54) is 24.3 Å². The monoisotopic (exact) mass is 506 g/mol. The molecule has 2 bridgehead atoms. The maximum absolute atomic E-state index is 13.8. The van der Waals surface area contributed by atoms with E-state index in [0.717, 1.165) is 44.4 Å². The van der Waals surface area contributed by atoms with E-state index in [9.17, 15) is 27.6 Å². The molecule has 196 valence electrons. The number of hydrogen-bond donors (Lipinski definition) is 3. The van der Waals surface area contributed by atoms with E-state index in [1.54, 1.807) is 6.92 Å². The summed E-state index contributed by atoms with van der Waals surface area (Å²) in [6.45, 7) is 2.69. The molecule has 1 saturated carbocycles. The van der Waals surface area contributed by atoms with E-state index in [1.807, 2.05) is 4.98 Å². The van der Waals surface area contributed by atoms with Crippen molar-refractivity contribution in [2.24, 2.45) is 5.41 Å². The van der Waals surface area contributed by atoms with Crippen molar-refractivity contribution in [1.82, 2.24) is 20.2 Å². The third kappa shape index (κ3) is 5.70. The minimum absolute atomic E-state index is 0. The highest BCUT2D eigenvalue weighted by molar-refractivity contribution is 5.77. The molecule has 3 fully saturated rings. The summed E-state index contributed by atoms with van der Waals surface area (Å²) in [5.74, 6) is -1.78. The Morgan fingerprint density at radius 1 is 1.11 bits per heavy atom. The predicted molar refractivity (Wildman–Crippen MR) is 134 cm³/mol. The van der Waals surface area contributed by atoms with Crippen molar-refractivity contribution in [3.8, 4) is 0 Å². The molecule has 2 aliphatic heterocycles. The summed E-state index contributed by atoms with van der Waals surface area (Å²) in [6, 6.07) is 7.28. The number of benzene rings is 2. The fourth-order valence-corrected chi connectivity index (χ4v) is 5.41. The van der Waals surface area contributed by atoms with E-state index in [-0.39, 0.29) is 19.6 Å². The lowest BCUT2D eigenvalue weighted by atomic mass is 9.66. The summed E-state index contributed by atoms with van der Waals surface area (Å²) >= 11 is 0. The van der Waals surface area contributed by atoms with Crippen LogP contribution < -0.4 is 16.6 Å². The first-order chi connectivity index (χ1) is 17.0. The first kappa shape index (κ1) is 25.7. The summed E-state index contributed by atoms with van der Waals surface area (Å²) in [6.07, 6.45) is 4.98. The quantitative estimate of drug-likeness (QED) is 0.493. The van der Waals surface area contributed by atoms with Gasteiger partial charge in [-0.1, -0.05) is 6.07 Å².